The van der Waals surface area contributed by atoms with E-state index < -0.39 is 32.5 Å². The Morgan fingerprint density at radius 1 is 0.786 bits per heavy atom. The van der Waals surface area contributed by atoms with Crippen LogP contribution in [-0.4, -0.2) is 15.8 Å². The van der Waals surface area contributed by atoms with Crippen LogP contribution in [0.2, 0.25) is 0 Å². The number of nitrogens with zero attached hydrogens (tertiary/aromatic N) is 2. The van der Waals surface area contributed by atoms with Crippen LogP contribution >= 0.6 is 0 Å². The molecule has 1 heterocycles. The van der Waals surface area contributed by atoms with E-state index in [1.165, 1.54) is 12.1 Å². The van der Waals surface area contributed by atoms with Gasteiger partial charge in [-0.15, -0.1) is 0 Å². The van der Waals surface area contributed by atoms with Gasteiger partial charge in [0.15, 0.2) is 0 Å². The number of non-ortho nitro benzene ring substituents is 1. The fourth-order valence-electron chi connectivity index (χ4n) is 3.76. The number of hydrogen-bond donors (Lipinski definition) is 1. The molecule has 0 saturated heterocycles. The molecule has 1 atom stereocenters. The maximum atomic E-state index is 13.3. The average Bonchev–Trinajstić information content (AvgIpc) is 3.00. The summed E-state index contributed by atoms with van der Waals surface area (Å²) in [5.74, 6) is -0.447. The number of rotatable bonds is 4. The number of carbonyl (C=O) groups excluding carboxylic acids is 1. The minimum atomic E-state index is -1.49. The highest BCUT2D eigenvalue weighted by Crippen LogP contribution is 2.50. The minimum Gasteiger partial charge on any atom is -0.324 e. The number of nitro groups is 2. The summed E-state index contributed by atoms with van der Waals surface area (Å²) in [7, 11) is 0. The molecule has 138 valence electrons. The number of nitro benzene ring substituents is 2. The standard InChI is InChI=1S/C20H13N3O5/c24-19-20(13-6-2-1-3-7-13,15-8-4-5-9-17(15)21-19)16-11-10-14(22(25)26)12-18(16)23(27)28/h1-12H,(H,21,24). The zero-order valence-corrected chi connectivity index (χ0v) is 14.4. The Kier molecular flexibility index (Phi) is 3.89. The van der Waals surface area contributed by atoms with Gasteiger partial charge < -0.3 is 5.32 Å². The Morgan fingerprint density at radius 2 is 1.46 bits per heavy atom. The zero-order chi connectivity index (χ0) is 19.9. The average molecular weight is 375 g/mol. The molecule has 8 heteroatoms. The van der Waals surface area contributed by atoms with E-state index in [0.717, 1.165) is 6.07 Å². The highest BCUT2D eigenvalue weighted by molar-refractivity contribution is 6.12. The number of nitrogens with one attached hydrogen (secondary N) is 1. The summed E-state index contributed by atoms with van der Waals surface area (Å²) in [6.45, 7) is 0. The van der Waals surface area contributed by atoms with Gasteiger partial charge in [0, 0.05) is 17.3 Å². The normalized spacial score (nSPS) is 17.6. The molecule has 0 fully saturated rings. The predicted octanol–water partition coefficient (Wildman–Crippen LogP) is 3.79. The van der Waals surface area contributed by atoms with Gasteiger partial charge in [0.25, 0.3) is 11.4 Å². The lowest BCUT2D eigenvalue weighted by atomic mass is 9.69. The molecule has 0 spiro atoms. The van der Waals surface area contributed by atoms with Crippen LogP contribution in [0.1, 0.15) is 16.7 Å². The van der Waals surface area contributed by atoms with Crippen molar-refractivity contribution in [1.82, 2.24) is 0 Å². The predicted molar refractivity (Wildman–Crippen MR) is 101 cm³/mol. The molecule has 1 aliphatic heterocycles. The third kappa shape index (κ3) is 2.35. The van der Waals surface area contributed by atoms with Gasteiger partial charge in [-0.05, 0) is 17.7 Å². The van der Waals surface area contributed by atoms with Gasteiger partial charge in [0.2, 0.25) is 5.91 Å². The number of amides is 1. The van der Waals surface area contributed by atoms with Crippen molar-refractivity contribution in [3.63, 3.8) is 0 Å². The maximum Gasteiger partial charge on any atom is 0.281 e. The van der Waals surface area contributed by atoms with Crippen LogP contribution in [0, 0.1) is 20.2 Å². The first-order valence-electron chi connectivity index (χ1n) is 8.36. The number of benzene rings is 3. The van der Waals surface area contributed by atoms with E-state index in [2.05, 4.69) is 5.32 Å². The van der Waals surface area contributed by atoms with E-state index >= 15 is 0 Å². The van der Waals surface area contributed by atoms with Crippen LogP contribution in [0.3, 0.4) is 0 Å². The SMILES string of the molecule is O=C1Nc2ccccc2C1(c1ccccc1)c1ccc([N+](=O)[O-])cc1[N+](=O)[O-]. The first-order valence-corrected chi connectivity index (χ1v) is 8.36. The summed E-state index contributed by atoms with van der Waals surface area (Å²) in [6.07, 6.45) is 0. The summed E-state index contributed by atoms with van der Waals surface area (Å²) >= 11 is 0. The van der Waals surface area contributed by atoms with Crippen LogP contribution in [0.4, 0.5) is 17.1 Å². The fraction of sp³-hybridized carbons (Fsp3) is 0.0500. The zero-order valence-electron chi connectivity index (χ0n) is 14.4. The number of fused-ring (bicyclic) bond motifs is 1. The van der Waals surface area contributed by atoms with E-state index in [-0.39, 0.29) is 5.56 Å². The number of hydrogen-bond acceptors (Lipinski definition) is 5. The summed E-state index contributed by atoms with van der Waals surface area (Å²) in [4.78, 5) is 34.8. The molecule has 3 aromatic carbocycles. The Bertz CT molecular complexity index is 1130. The second kappa shape index (κ2) is 6.27. The number of para-hydroxylation sites is 1. The molecule has 4 rings (SSSR count). The Balaban J connectivity index is 2.12. The van der Waals surface area contributed by atoms with Crippen LogP contribution < -0.4 is 5.32 Å². The molecular weight excluding hydrogens is 362 g/mol. The lowest BCUT2D eigenvalue weighted by molar-refractivity contribution is -0.394. The van der Waals surface area contributed by atoms with E-state index in [9.17, 15) is 25.0 Å². The summed E-state index contributed by atoms with van der Waals surface area (Å²) in [6, 6.07) is 19.0. The third-order valence-corrected chi connectivity index (χ3v) is 4.92. The lowest BCUT2D eigenvalue weighted by Gasteiger charge is -2.28. The lowest BCUT2D eigenvalue weighted by Crippen LogP contribution is -2.37. The van der Waals surface area contributed by atoms with Crippen LogP contribution in [0.25, 0.3) is 0 Å². The molecule has 28 heavy (non-hydrogen) atoms. The highest BCUT2D eigenvalue weighted by atomic mass is 16.6. The third-order valence-electron chi connectivity index (χ3n) is 4.92. The number of anilines is 1. The quantitative estimate of drug-likeness (QED) is 0.550. The van der Waals surface area contributed by atoms with Crippen LogP contribution in [0.5, 0.6) is 0 Å². The van der Waals surface area contributed by atoms with Crippen molar-refractivity contribution in [2.24, 2.45) is 0 Å². The molecular formula is C20H13N3O5. The van der Waals surface area contributed by atoms with Crippen molar-refractivity contribution in [3.8, 4) is 0 Å². The smallest absolute Gasteiger partial charge is 0.281 e. The Hall–Kier alpha value is -4.07. The molecule has 1 unspecified atom stereocenters. The van der Waals surface area contributed by atoms with Gasteiger partial charge in [-0.1, -0.05) is 48.5 Å². The first kappa shape index (κ1) is 17.3. The second-order valence-corrected chi connectivity index (χ2v) is 6.33. The molecule has 0 radical (unpaired) electrons. The molecule has 3 aromatic rings. The highest BCUT2D eigenvalue weighted by Gasteiger charge is 2.52. The molecule has 0 saturated carbocycles. The summed E-state index contributed by atoms with van der Waals surface area (Å²) in [5.41, 5.74) is -0.663. The van der Waals surface area contributed by atoms with Crippen molar-refractivity contribution in [1.29, 1.82) is 0 Å². The van der Waals surface area contributed by atoms with Crippen LogP contribution in [0.15, 0.2) is 72.8 Å². The van der Waals surface area contributed by atoms with E-state index in [0.29, 0.717) is 16.8 Å². The molecule has 0 aromatic heterocycles. The minimum absolute atomic E-state index is 0.0803. The molecule has 1 N–H and O–H groups in total. The molecule has 0 bridgehead atoms. The maximum absolute atomic E-state index is 13.3. The van der Waals surface area contributed by atoms with E-state index in [4.69, 9.17) is 0 Å². The summed E-state index contributed by atoms with van der Waals surface area (Å²) < 4.78 is 0. The van der Waals surface area contributed by atoms with Crippen molar-refractivity contribution in [2.45, 2.75) is 5.41 Å². The van der Waals surface area contributed by atoms with E-state index in [1.54, 1.807) is 54.6 Å². The van der Waals surface area contributed by atoms with Gasteiger partial charge in [0.1, 0.15) is 5.41 Å². The molecule has 8 nitrogen and oxygen atoms in total. The van der Waals surface area contributed by atoms with Gasteiger partial charge in [0.05, 0.1) is 21.5 Å². The first-order chi connectivity index (χ1) is 13.5. The van der Waals surface area contributed by atoms with E-state index in [1.807, 2.05) is 0 Å². The Morgan fingerprint density at radius 3 is 2.14 bits per heavy atom. The summed E-state index contributed by atoms with van der Waals surface area (Å²) in [5, 5.41) is 25.7. The molecule has 0 aliphatic carbocycles. The van der Waals surface area contributed by atoms with Crippen molar-refractivity contribution < 1.29 is 14.6 Å². The second-order valence-electron chi connectivity index (χ2n) is 6.33. The topological polar surface area (TPSA) is 115 Å². The number of carbonyl (C=O) groups is 1. The van der Waals surface area contributed by atoms with Crippen LogP contribution in [-0.2, 0) is 10.2 Å². The monoisotopic (exact) mass is 375 g/mol. The molecule has 1 amide bonds. The van der Waals surface area contributed by atoms with Crippen molar-refractivity contribution >= 4 is 23.0 Å². The Labute approximate surface area is 158 Å². The van der Waals surface area contributed by atoms with Gasteiger partial charge in [-0.25, -0.2) is 0 Å². The van der Waals surface area contributed by atoms with Crippen molar-refractivity contribution in [2.75, 3.05) is 5.32 Å². The van der Waals surface area contributed by atoms with Crippen molar-refractivity contribution in [3.05, 3.63) is 110 Å². The largest absolute Gasteiger partial charge is 0.324 e. The van der Waals surface area contributed by atoms with Gasteiger partial charge in [-0.3, -0.25) is 25.0 Å². The van der Waals surface area contributed by atoms with Gasteiger partial charge in [-0.2, -0.15) is 0 Å². The fourth-order valence-corrected chi connectivity index (χ4v) is 3.76. The molecule has 1 aliphatic rings. The van der Waals surface area contributed by atoms with Gasteiger partial charge >= 0.3 is 0 Å².